The summed E-state index contributed by atoms with van der Waals surface area (Å²) in [7, 11) is 0. The van der Waals surface area contributed by atoms with Crippen LogP contribution in [-0.2, 0) is 0 Å². The average Bonchev–Trinajstić information content (AvgIpc) is 2.03. The molecule has 0 radical (unpaired) electrons. The summed E-state index contributed by atoms with van der Waals surface area (Å²) in [4.78, 5) is 20.2. The highest BCUT2D eigenvalue weighted by Gasteiger charge is 2.12. The lowest BCUT2D eigenvalue weighted by atomic mass is 10.1. The quantitative estimate of drug-likeness (QED) is 0.230. The molecule has 0 aliphatic heterocycles. The molecule has 0 aliphatic carbocycles. The van der Waals surface area contributed by atoms with E-state index in [2.05, 4.69) is 10.4 Å². The number of nitroso groups, excluding NO2 is 1. The molecule has 0 atom stereocenters. The van der Waals surface area contributed by atoms with E-state index in [4.69, 9.17) is 5.73 Å². The Bertz CT molecular complexity index is 240. The highest BCUT2D eigenvalue weighted by molar-refractivity contribution is 5.76. The molecule has 0 fully saturated rings. The first-order valence-corrected chi connectivity index (χ1v) is 4.06. The van der Waals surface area contributed by atoms with Crippen molar-refractivity contribution < 1.29 is 5.03 Å². The Kier molecular flexibility index (Phi) is 5.12. The van der Waals surface area contributed by atoms with Gasteiger partial charge in [-0.3, -0.25) is 0 Å². The van der Waals surface area contributed by atoms with Gasteiger partial charge >= 0.3 is 0 Å². The van der Waals surface area contributed by atoms with E-state index in [1.54, 1.807) is 0 Å². The van der Waals surface area contributed by atoms with E-state index in [9.17, 15) is 15.0 Å². The zero-order valence-corrected chi connectivity index (χ0v) is 8.08. The Labute approximate surface area is 80.8 Å². The zero-order valence-electron chi connectivity index (χ0n) is 8.08. The Balaban J connectivity index is 4.26. The summed E-state index contributed by atoms with van der Waals surface area (Å²) in [6.45, 7) is 4.12. The van der Waals surface area contributed by atoms with Gasteiger partial charge < -0.3 is 5.73 Å². The van der Waals surface area contributed by atoms with Gasteiger partial charge in [0, 0.05) is 6.54 Å². The fourth-order valence-corrected chi connectivity index (χ4v) is 0.713. The van der Waals surface area contributed by atoms with Gasteiger partial charge in [0.25, 0.3) is 5.96 Å². The number of nitrogens with two attached hydrogens (primary N) is 1. The van der Waals surface area contributed by atoms with Crippen LogP contribution in [0.1, 0.15) is 20.3 Å². The molecule has 0 aromatic rings. The third-order valence-corrected chi connectivity index (χ3v) is 1.47. The second-order valence-corrected chi connectivity index (χ2v) is 3.08. The molecule has 0 saturated carbocycles. The van der Waals surface area contributed by atoms with Gasteiger partial charge in [0.1, 0.15) is 5.10 Å². The maximum absolute atomic E-state index is 10.2. The summed E-state index contributed by atoms with van der Waals surface area (Å²) >= 11 is 0. The average molecular weight is 203 g/mol. The van der Waals surface area contributed by atoms with Gasteiger partial charge in [0.2, 0.25) is 0 Å². The summed E-state index contributed by atoms with van der Waals surface area (Å²) in [5.74, 6) is -0.145. The minimum atomic E-state index is -0.969. The number of hydrogen-bond acceptors (Lipinski definition) is 4. The molecule has 0 rings (SSSR count). The first-order chi connectivity index (χ1) is 6.47. The van der Waals surface area contributed by atoms with E-state index in [-0.39, 0.29) is 6.54 Å². The van der Waals surface area contributed by atoms with E-state index in [1.165, 1.54) is 0 Å². The van der Waals surface area contributed by atoms with Crippen LogP contribution in [-0.4, -0.2) is 22.5 Å². The lowest BCUT2D eigenvalue weighted by Gasteiger charge is -2.12. The van der Waals surface area contributed by atoms with E-state index in [0.717, 1.165) is 5.01 Å². The van der Waals surface area contributed by atoms with Crippen molar-refractivity contribution in [3.8, 4) is 0 Å². The second-order valence-electron chi connectivity index (χ2n) is 3.08. The van der Waals surface area contributed by atoms with Crippen molar-refractivity contribution in [2.24, 2.45) is 22.0 Å². The molecule has 0 saturated heterocycles. The minimum absolute atomic E-state index is 0.227. The summed E-state index contributed by atoms with van der Waals surface area (Å²) in [5.41, 5.74) is 5.16. The van der Waals surface area contributed by atoms with Crippen LogP contribution in [0.2, 0.25) is 0 Å². The zero-order chi connectivity index (χ0) is 11.1. The maximum atomic E-state index is 10.2. The summed E-state index contributed by atoms with van der Waals surface area (Å²) in [6.07, 6.45) is 0.652. The number of hydrogen-bond donors (Lipinski definition) is 1. The Morgan fingerprint density at radius 1 is 1.64 bits per heavy atom. The normalized spacial score (nSPS) is 11.5. The molecule has 0 bridgehead atoms. The van der Waals surface area contributed by atoms with Crippen LogP contribution in [0.25, 0.3) is 0 Å². The van der Waals surface area contributed by atoms with Crippen molar-refractivity contribution in [2.45, 2.75) is 20.3 Å². The molecular formula is C6H13N5O3. The van der Waals surface area contributed by atoms with E-state index in [0.29, 0.717) is 12.3 Å². The Hall–Kier alpha value is -1.73. The van der Waals surface area contributed by atoms with Crippen molar-refractivity contribution in [3.05, 3.63) is 15.0 Å². The predicted octanol–water partition coefficient (Wildman–Crippen LogP) is 0.522. The van der Waals surface area contributed by atoms with Gasteiger partial charge in [-0.05, 0) is 12.3 Å². The van der Waals surface area contributed by atoms with Gasteiger partial charge in [0.15, 0.2) is 5.03 Å². The minimum Gasteiger partial charge on any atom is -0.363 e. The number of hydrazone groups is 1. The third kappa shape index (κ3) is 5.01. The molecule has 2 N–H and O–H groups in total. The monoisotopic (exact) mass is 203 g/mol. The highest BCUT2D eigenvalue weighted by Crippen LogP contribution is 2.02. The predicted molar refractivity (Wildman–Crippen MR) is 50.6 cm³/mol. The van der Waals surface area contributed by atoms with Crippen molar-refractivity contribution >= 4 is 5.96 Å². The molecular weight excluding hydrogens is 190 g/mol. The van der Waals surface area contributed by atoms with Crippen LogP contribution in [0, 0.1) is 20.9 Å². The van der Waals surface area contributed by atoms with E-state index in [1.807, 2.05) is 13.8 Å². The number of guanidine groups is 1. The third-order valence-electron chi connectivity index (χ3n) is 1.47. The van der Waals surface area contributed by atoms with E-state index >= 15 is 0 Å². The molecule has 0 heterocycles. The standard InChI is InChI=1S/C6H13N5O3/c1-5(2)3-4-10(9-12)6(7)8-11(13)14/h5H,3-4H2,1-2H3,(H2,7,8). The SMILES string of the molecule is CC(C)CCN(N=O)C(N)=N[N+](=O)[O-]. The molecule has 0 unspecified atom stereocenters. The van der Waals surface area contributed by atoms with E-state index < -0.39 is 11.0 Å². The summed E-state index contributed by atoms with van der Waals surface area (Å²) in [5, 5.41) is 15.0. The Morgan fingerprint density at radius 3 is 2.57 bits per heavy atom. The van der Waals surface area contributed by atoms with Crippen molar-refractivity contribution in [1.82, 2.24) is 5.01 Å². The van der Waals surface area contributed by atoms with Gasteiger partial charge in [-0.15, -0.1) is 4.91 Å². The summed E-state index contributed by atoms with van der Waals surface area (Å²) in [6, 6.07) is 0. The van der Waals surface area contributed by atoms with Crippen molar-refractivity contribution in [3.63, 3.8) is 0 Å². The first-order valence-electron chi connectivity index (χ1n) is 4.06. The molecule has 14 heavy (non-hydrogen) atoms. The molecule has 8 heteroatoms. The van der Waals surface area contributed by atoms with Gasteiger partial charge in [-0.25, -0.2) is 10.1 Å². The van der Waals surface area contributed by atoms with Gasteiger partial charge in [-0.2, -0.15) is 5.01 Å². The van der Waals surface area contributed by atoms with Crippen LogP contribution in [0.5, 0.6) is 0 Å². The fourth-order valence-electron chi connectivity index (χ4n) is 0.713. The lowest BCUT2D eigenvalue weighted by molar-refractivity contribution is -0.485. The first kappa shape index (κ1) is 12.3. The van der Waals surface area contributed by atoms with Gasteiger partial charge in [0.05, 0.1) is 5.29 Å². The topological polar surface area (TPSA) is 114 Å². The maximum Gasteiger partial charge on any atom is 0.291 e. The summed E-state index contributed by atoms with van der Waals surface area (Å²) < 4.78 is 0. The van der Waals surface area contributed by atoms with Crippen LogP contribution < -0.4 is 5.73 Å². The second kappa shape index (κ2) is 5.84. The largest absolute Gasteiger partial charge is 0.363 e. The Morgan fingerprint density at radius 2 is 2.21 bits per heavy atom. The molecule has 0 spiro atoms. The smallest absolute Gasteiger partial charge is 0.291 e. The van der Waals surface area contributed by atoms with Crippen LogP contribution >= 0.6 is 0 Å². The fraction of sp³-hybridized carbons (Fsp3) is 0.833. The molecule has 0 amide bonds. The van der Waals surface area contributed by atoms with Crippen LogP contribution in [0.4, 0.5) is 0 Å². The van der Waals surface area contributed by atoms with Crippen LogP contribution in [0.3, 0.4) is 0 Å². The molecule has 0 aromatic carbocycles. The lowest BCUT2D eigenvalue weighted by Crippen LogP contribution is -2.34. The molecule has 80 valence electrons. The molecule has 8 nitrogen and oxygen atoms in total. The molecule has 0 aliphatic rings. The van der Waals surface area contributed by atoms with Gasteiger partial charge in [-0.1, -0.05) is 13.8 Å². The number of nitrogens with zero attached hydrogens (tertiary/aromatic N) is 4. The number of rotatable bonds is 5. The number of nitro groups is 1. The molecule has 0 aromatic heterocycles. The van der Waals surface area contributed by atoms with Crippen molar-refractivity contribution in [2.75, 3.05) is 6.54 Å². The highest BCUT2D eigenvalue weighted by atomic mass is 16.7. The van der Waals surface area contributed by atoms with Crippen molar-refractivity contribution in [1.29, 1.82) is 0 Å². The van der Waals surface area contributed by atoms with Crippen LogP contribution in [0.15, 0.2) is 10.4 Å².